The predicted octanol–water partition coefficient (Wildman–Crippen LogP) is 1.73. The van der Waals surface area contributed by atoms with E-state index in [4.69, 9.17) is 0 Å². The minimum absolute atomic E-state index is 0.0355. The van der Waals surface area contributed by atoms with Crippen molar-refractivity contribution < 1.29 is 9.59 Å². The van der Waals surface area contributed by atoms with Crippen molar-refractivity contribution in [3.05, 3.63) is 24.3 Å². The van der Waals surface area contributed by atoms with Gasteiger partial charge in [0.2, 0.25) is 11.8 Å². The van der Waals surface area contributed by atoms with Gasteiger partial charge in [0, 0.05) is 23.3 Å². The van der Waals surface area contributed by atoms with Gasteiger partial charge in [-0.3, -0.25) is 9.59 Å². The van der Waals surface area contributed by atoms with Gasteiger partial charge < -0.3 is 16.0 Å². The van der Waals surface area contributed by atoms with Crippen LogP contribution in [-0.4, -0.2) is 24.4 Å². The zero-order valence-electron chi connectivity index (χ0n) is 11.3. The molecule has 2 amide bonds. The van der Waals surface area contributed by atoms with Gasteiger partial charge in [-0.1, -0.05) is 0 Å². The molecule has 2 aliphatic rings. The van der Waals surface area contributed by atoms with Crippen molar-refractivity contribution in [3.63, 3.8) is 0 Å². The van der Waals surface area contributed by atoms with E-state index in [0.29, 0.717) is 12.6 Å². The van der Waals surface area contributed by atoms with Gasteiger partial charge >= 0.3 is 0 Å². The molecule has 5 heteroatoms. The Morgan fingerprint density at radius 3 is 2.10 bits per heavy atom. The fourth-order valence-corrected chi connectivity index (χ4v) is 1.96. The zero-order chi connectivity index (χ0) is 13.9. The maximum Gasteiger partial charge on any atom is 0.238 e. The lowest BCUT2D eigenvalue weighted by atomic mass is 10.2. The van der Waals surface area contributed by atoms with Crippen molar-refractivity contribution in [1.82, 2.24) is 5.32 Å². The summed E-state index contributed by atoms with van der Waals surface area (Å²) >= 11 is 0. The monoisotopic (exact) mass is 273 g/mol. The number of amides is 2. The molecule has 3 N–H and O–H groups in total. The number of nitrogens with one attached hydrogen (secondary N) is 3. The molecule has 0 bridgehead atoms. The minimum Gasteiger partial charge on any atom is -0.326 e. The molecule has 0 atom stereocenters. The molecular weight excluding hydrogens is 254 g/mol. The van der Waals surface area contributed by atoms with Gasteiger partial charge in [-0.05, 0) is 49.9 Å². The lowest BCUT2D eigenvalue weighted by molar-refractivity contribution is -0.117. The second kappa shape index (κ2) is 5.63. The van der Waals surface area contributed by atoms with Gasteiger partial charge in [0.15, 0.2) is 0 Å². The van der Waals surface area contributed by atoms with Gasteiger partial charge in [-0.25, -0.2) is 0 Å². The van der Waals surface area contributed by atoms with Crippen molar-refractivity contribution in [2.75, 3.05) is 17.2 Å². The fraction of sp³-hybridized carbons (Fsp3) is 0.467. The first kappa shape index (κ1) is 13.1. The molecule has 0 saturated heterocycles. The first-order valence-corrected chi connectivity index (χ1v) is 7.15. The van der Waals surface area contributed by atoms with Gasteiger partial charge in [-0.2, -0.15) is 0 Å². The lowest BCUT2D eigenvalue weighted by Crippen LogP contribution is -2.29. The Morgan fingerprint density at radius 2 is 1.55 bits per heavy atom. The third-order valence-electron chi connectivity index (χ3n) is 3.51. The van der Waals surface area contributed by atoms with Crippen molar-refractivity contribution in [1.29, 1.82) is 0 Å². The van der Waals surface area contributed by atoms with E-state index in [2.05, 4.69) is 16.0 Å². The molecule has 0 aliphatic heterocycles. The van der Waals surface area contributed by atoms with Crippen molar-refractivity contribution in [2.45, 2.75) is 31.7 Å². The van der Waals surface area contributed by atoms with Gasteiger partial charge in [0.1, 0.15) is 0 Å². The van der Waals surface area contributed by atoms with Crippen LogP contribution in [0.4, 0.5) is 11.4 Å². The summed E-state index contributed by atoms with van der Waals surface area (Å²) in [4.78, 5) is 23.3. The van der Waals surface area contributed by atoms with E-state index in [1.807, 2.05) is 12.1 Å². The Balaban J connectivity index is 1.47. The number of hydrogen-bond acceptors (Lipinski definition) is 3. The molecule has 106 valence electrons. The summed E-state index contributed by atoms with van der Waals surface area (Å²) < 4.78 is 0. The summed E-state index contributed by atoms with van der Waals surface area (Å²) in [7, 11) is 0. The van der Waals surface area contributed by atoms with Crippen LogP contribution in [0.25, 0.3) is 0 Å². The Morgan fingerprint density at radius 1 is 0.950 bits per heavy atom. The highest BCUT2D eigenvalue weighted by molar-refractivity contribution is 5.95. The summed E-state index contributed by atoms with van der Waals surface area (Å²) in [6.45, 7) is 0.352. The maximum atomic E-state index is 11.7. The van der Waals surface area contributed by atoms with Crippen LogP contribution in [0.2, 0.25) is 0 Å². The molecule has 0 aromatic heterocycles. The molecular formula is C15H19N3O2. The third kappa shape index (κ3) is 3.81. The standard InChI is InChI=1S/C15H19N3O2/c19-14(9-16-11-3-4-11)17-12-5-7-13(8-6-12)18-15(20)10-1-2-10/h5-8,10-11,16H,1-4,9H2,(H,17,19)(H,18,20). The van der Waals surface area contributed by atoms with Gasteiger partial charge in [0.05, 0.1) is 6.54 Å². The number of carbonyl (C=O) groups excluding carboxylic acids is 2. The highest BCUT2D eigenvalue weighted by Gasteiger charge is 2.29. The summed E-state index contributed by atoms with van der Waals surface area (Å²) in [5, 5.41) is 8.86. The number of rotatable bonds is 6. The maximum absolute atomic E-state index is 11.7. The topological polar surface area (TPSA) is 70.2 Å². The molecule has 0 heterocycles. The van der Waals surface area contributed by atoms with E-state index >= 15 is 0 Å². The molecule has 0 spiro atoms. The average molecular weight is 273 g/mol. The van der Waals surface area contributed by atoms with Crippen LogP contribution in [-0.2, 0) is 9.59 Å². The van der Waals surface area contributed by atoms with E-state index in [-0.39, 0.29) is 17.7 Å². The quantitative estimate of drug-likeness (QED) is 0.739. The molecule has 20 heavy (non-hydrogen) atoms. The van der Waals surface area contributed by atoms with Crippen LogP contribution < -0.4 is 16.0 Å². The number of carbonyl (C=O) groups is 2. The Labute approximate surface area is 118 Å². The number of anilines is 2. The van der Waals surface area contributed by atoms with Crippen molar-refractivity contribution >= 4 is 23.2 Å². The van der Waals surface area contributed by atoms with Crippen LogP contribution in [0.5, 0.6) is 0 Å². The Kier molecular flexibility index (Phi) is 3.69. The highest BCUT2D eigenvalue weighted by Crippen LogP contribution is 2.30. The molecule has 1 aromatic rings. The largest absolute Gasteiger partial charge is 0.326 e. The summed E-state index contributed by atoms with van der Waals surface area (Å²) in [6, 6.07) is 7.75. The predicted molar refractivity (Wildman–Crippen MR) is 77.5 cm³/mol. The molecule has 5 nitrogen and oxygen atoms in total. The van der Waals surface area contributed by atoms with E-state index in [1.54, 1.807) is 12.1 Å². The summed E-state index contributed by atoms with van der Waals surface area (Å²) in [5.41, 5.74) is 1.52. The average Bonchev–Trinajstić information content (AvgIpc) is 3.29. The van der Waals surface area contributed by atoms with Gasteiger partial charge in [-0.15, -0.1) is 0 Å². The molecule has 2 aliphatic carbocycles. The van der Waals surface area contributed by atoms with E-state index in [1.165, 1.54) is 12.8 Å². The second-order valence-electron chi connectivity index (χ2n) is 5.54. The minimum atomic E-state index is -0.0355. The van der Waals surface area contributed by atoms with Crippen LogP contribution in [0.3, 0.4) is 0 Å². The first-order valence-electron chi connectivity index (χ1n) is 7.15. The van der Waals surface area contributed by atoms with Gasteiger partial charge in [0.25, 0.3) is 0 Å². The second-order valence-corrected chi connectivity index (χ2v) is 5.54. The number of benzene rings is 1. The van der Waals surface area contributed by atoms with Crippen molar-refractivity contribution in [3.8, 4) is 0 Å². The molecule has 2 fully saturated rings. The third-order valence-corrected chi connectivity index (χ3v) is 3.51. The van der Waals surface area contributed by atoms with Crippen molar-refractivity contribution in [2.24, 2.45) is 5.92 Å². The van der Waals surface area contributed by atoms with Crippen LogP contribution in [0, 0.1) is 5.92 Å². The van der Waals surface area contributed by atoms with E-state index in [9.17, 15) is 9.59 Å². The fourth-order valence-electron chi connectivity index (χ4n) is 1.96. The Bertz CT molecular complexity index is 504. The van der Waals surface area contributed by atoms with E-state index in [0.717, 1.165) is 24.2 Å². The van der Waals surface area contributed by atoms with Crippen LogP contribution >= 0.6 is 0 Å². The van der Waals surface area contributed by atoms with Crippen LogP contribution in [0.15, 0.2) is 24.3 Å². The van der Waals surface area contributed by atoms with E-state index < -0.39 is 0 Å². The molecule has 0 radical (unpaired) electrons. The summed E-state index contributed by atoms with van der Waals surface area (Å²) in [5.74, 6) is 0.255. The summed E-state index contributed by atoms with van der Waals surface area (Å²) in [6.07, 6.45) is 4.33. The molecule has 2 saturated carbocycles. The highest BCUT2D eigenvalue weighted by atomic mass is 16.2. The smallest absolute Gasteiger partial charge is 0.238 e. The van der Waals surface area contributed by atoms with Crippen LogP contribution in [0.1, 0.15) is 25.7 Å². The first-order chi connectivity index (χ1) is 9.70. The molecule has 0 unspecified atom stereocenters. The molecule has 3 rings (SSSR count). The number of hydrogen-bond donors (Lipinski definition) is 3. The Hall–Kier alpha value is -1.88. The SMILES string of the molecule is O=C(CNC1CC1)Nc1ccc(NC(=O)C2CC2)cc1. The molecule has 1 aromatic carbocycles. The zero-order valence-corrected chi connectivity index (χ0v) is 11.3. The lowest BCUT2D eigenvalue weighted by Gasteiger charge is -2.08. The normalized spacial score (nSPS) is 17.6.